The summed E-state index contributed by atoms with van der Waals surface area (Å²) >= 11 is 0. The predicted octanol–water partition coefficient (Wildman–Crippen LogP) is 1.38. The average Bonchev–Trinajstić information content (AvgIpc) is 3.16. The monoisotopic (exact) mass is 437 g/mol. The van der Waals surface area contributed by atoms with E-state index in [1.54, 1.807) is 26.3 Å². The predicted molar refractivity (Wildman–Crippen MR) is 110 cm³/mol. The number of ether oxygens (including phenoxy) is 3. The Morgan fingerprint density at radius 1 is 1.20 bits per heavy atom. The van der Waals surface area contributed by atoms with E-state index in [-0.39, 0.29) is 23.0 Å². The highest BCUT2D eigenvalue weighted by Gasteiger charge is 2.28. The highest BCUT2D eigenvalue weighted by Crippen LogP contribution is 2.28. The lowest BCUT2D eigenvalue weighted by atomic mass is 10.2. The number of carbonyl (C=O) groups is 1. The van der Waals surface area contributed by atoms with E-state index in [2.05, 4.69) is 5.32 Å². The van der Waals surface area contributed by atoms with Crippen molar-refractivity contribution in [1.29, 1.82) is 0 Å². The number of morpholine rings is 1. The fourth-order valence-corrected chi connectivity index (χ4v) is 4.69. The van der Waals surface area contributed by atoms with Crippen molar-refractivity contribution in [3.8, 4) is 11.5 Å². The van der Waals surface area contributed by atoms with Gasteiger partial charge in [0, 0.05) is 32.9 Å². The topological polar surface area (TPSA) is 99.1 Å². The van der Waals surface area contributed by atoms with Crippen molar-refractivity contribution in [3.63, 3.8) is 0 Å². The van der Waals surface area contributed by atoms with E-state index in [9.17, 15) is 13.2 Å². The lowest BCUT2D eigenvalue weighted by Gasteiger charge is -2.25. The van der Waals surface area contributed by atoms with Crippen molar-refractivity contribution in [1.82, 2.24) is 14.2 Å². The van der Waals surface area contributed by atoms with E-state index in [1.165, 1.54) is 21.1 Å². The van der Waals surface area contributed by atoms with Crippen LogP contribution in [0.1, 0.15) is 23.0 Å². The van der Waals surface area contributed by atoms with Gasteiger partial charge in [0.2, 0.25) is 10.0 Å². The van der Waals surface area contributed by atoms with Crippen molar-refractivity contribution in [2.24, 2.45) is 7.05 Å². The van der Waals surface area contributed by atoms with Crippen LogP contribution in [0.3, 0.4) is 0 Å². The van der Waals surface area contributed by atoms with Gasteiger partial charge in [-0.25, -0.2) is 8.42 Å². The molecule has 0 atom stereocenters. The Balaban J connectivity index is 1.70. The molecule has 0 unspecified atom stereocenters. The van der Waals surface area contributed by atoms with Gasteiger partial charge < -0.3 is 24.1 Å². The molecule has 0 spiro atoms. The number of hydrogen-bond donors (Lipinski definition) is 1. The van der Waals surface area contributed by atoms with Crippen LogP contribution in [0.15, 0.2) is 35.4 Å². The van der Waals surface area contributed by atoms with Crippen LogP contribution in [0, 0.1) is 0 Å². The second-order valence-corrected chi connectivity index (χ2v) is 8.73. The van der Waals surface area contributed by atoms with Gasteiger partial charge >= 0.3 is 0 Å². The molecule has 1 aliphatic heterocycles. The largest absolute Gasteiger partial charge is 0.493 e. The zero-order valence-electron chi connectivity index (χ0n) is 17.4. The lowest BCUT2D eigenvalue weighted by molar-refractivity contribution is 0.0730. The molecule has 0 bridgehead atoms. The van der Waals surface area contributed by atoms with Crippen LogP contribution in [0.2, 0.25) is 0 Å². The molecule has 0 saturated carbocycles. The van der Waals surface area contributed by atoms with E-state index in [1.807, 2.05) is 13.0 Å². The molecule has 1 aliphatic rings. The second-order valence-electron chi connectivity index (χ2n) is 6.79. The Labute approximate surface area is 176 Å². The maximum absolute atomic E-state index is 12.8. The molecule has 9 nitrogen and oxygen atoms in total. The van der Waals surface area contributed by atoms with Gasteiger partial charge in [-0.15, -0.1) is 0 Å². The van der Waals surface area contributed by atoms with Crippen LogP contribution in [-0.4, -0.2) is 63.2 Å². The van der Waals surface area contributed by atoms with Gasteiger partial charge in [-0.3, -0.25) is 4.79 Å². The normalized spacial score (nSPS) is 15.0. The third-order valence-corrected chi connectivity index (χ3v) is 6.67. The minimum Gasteiger partial charge on any atom is -0.493 e. The van der Waals surface area contributed by atoms with Crippen LogP contribution >= 0.6 is 0 Å². The molecule has 2 heterocycles. The highest BCUT2D eigenvalue weighted by atomic mass is 32.2. The highest BCUT2D eigenvalue weighted by molar-refractivity contribution is 7.89. The molecular formula is C20H27N3O6S. The van der Waals surface area contributed by atoms with Crippen LogP contribution in [0.5, 0.6) is 11.5 Å². The molecule has 2 aromatic rings. The summed E-state index contributed by atoms with van der Waals surface area (Å²) in [5.74, 6) is 0.852. The first-order chi connectivity index (χ1) is 14.4. The Kier molecular flexibility index (Phi) is 7.01. The number of amides is 1. The minimum absolute atomic E-state index is 0.0970. The number of sulfonamides is 1. The molecule has 1 N–H and O–H groups in total. The summed E-state index contributed by atoms with van der Waals surface area (Å²) < 4.78 is 44.5. The lowest BCUT2D eigenvalue weighted by Crippen LogP contribution is -2.40. The van der Waals surface area contributed by atoms with Gasteiger partial charge in [-0.1, -0.05) is 6.07 Å². The van der Waals surface area contributed by atoms with Crippen molar-refractivity contribution in [2.75, 3.05) is 40.0 Å². The van der Waals surface area contributed by atoms with Crippen LogP contribution in [-0.2, 0) is 28.4 Å². The van der Waals surface area contributed by atoms with Gasteiger partial charge in [0.05, 0.1) is 26.9 Å². The second kappa shape index (κ2) is 9.50. The minimum atomic E-state index is -3.66. The van der Waals surface area contributed by atoms with E-state index in [4.69, 9.17) is 14.2 Å². The Hall–Kier alpha value is -2.56. The molecule has 1 aromatic carbocycles. The van der Waals surface area contributed by atoms with Gasteiger partial charge in [0.25, 0.3) is 5.91 Å². The standard InChI is InChI=1S/C20H27N3O6S/c1-4-29-18-6-5-15(11-19(18)27-3)13-21-20(24)17-12-16(14-22(17)2)30(25,26)23-7-9-28-10-8-23/h5-6,11-12,14H,4,7-10,13H2,1-3H3,(H,21,24). The molecular weight excluding hydrogens is 410 g/mol. The summed E-state index contributed by atoms with van der Waals surface area (Å²) in [5, 5.41) is 2.82. The van der Waals surface area contributed by atoms with Crippen molar-refractivity contribution >= 4 is 15.9 Å². The van der Waals surface area contributed by atoms with Crippen LogP contribution in [0.25, 0.3) is 0 Å². The zero-order valence-corrected chi connectivity index (χ0v) is 18.2. The number of benzene rings is 1. The summed E-state index contributed by atoms with van der Waals surface area (Å²) in [7, 11) is -0.459. The zero-order chi connectivity index (χ0) is 21.7. The Morgan fingerprint density at radius 2 is 1.93 bits per heavy atom. The summed E-state index contributed by atoms with van der Waals surface area (Å²) in [6, 6.07) is 6.83. The average molecular weight is 438 g/mol. The van der Waals surface area contributed by atoms with Gasteiger partial charge in [0.15, 0.2) is 11.5 Å². The molecule has 3 rings (SSSR count). The van der Waals surface area contributed by atoms with Gasteiger partial charge in [-0.2, -0.15) is 4.31 Å². The number of methoxy groups -OCH3 is 1. The van der Waals surface area contributed by atoms with Crippen molar-refractivity contribution < 1.29 is 27.4 Å². The fourth-order valence-electron chi connectivity index (χ4n) is 3.21. The van der Waals surface area contributed by atoms with Crippen molar-refractivity contribution in [2.45, 2.75) is 18.4 Å². The number of nitrogens with one attached hydrogen (secondary N) is 1. The number of nitrogens with zero attached hydrogens (tertiary/aromatic N) is 2. The van der Waals surface area contributed by atoms with Gasteiger partial charge in [0.1, 0.15) is 10.6 Å². The molecule has 0 radical (unpaired) electrons. The molecule has 0 aliphatic carbocycles. The first-order valence-corrected chi connectivity index (χ1v) is 11.1. The van der Waals surface area contributed by atoms with E-state index in [0.29, 0.717) is 44.4 Å². The molecule has 1 amide bonds. The van der Waals surface area contributed by atoms with E-state index < -0.39 is 10.0 Å². The number of carbonyl (C=O) groups excluding carboxylic acids is 1. The molecule has 164 valence electrons. The molecule has 1 aromatic heterocycles. The number of rotatable bonds is 8. The SMILES string of the molecule is CCOc1ccc(CNC(=O)c2cc(S(=O)(=O)N3CCOCC3)cn2C)cc1OC. The van der Waals surface area contributed by atoms with Crippen LogP contribution in [0.4, 0.5) is 0 Å². The van der Waals surface area contributed by atoms with E-state index >= 15 is 0 Å². The van der Waals surface area contributed by atoms with Crippen molar-refractivity contribution in [3.05, 3.63) is 41.7 Å². The summed E-state index contributed by atoms with van der Waals surface area (Å²) in [4.78, 5) is 12.8. The number of hydrogen-bond acceptors (Lipinski definition) is 6. The molecule has 1 saturated heterocycles. The molecule has 30 heavy (non-hydrogen) atoms. The third kappa shape index (κ3) is 4.77. The van der Waals surface area contributed by atoms with Crippen LogP contribution < -0.4 is 14.8 Å². The van der Waals surface area contributed by atoms with E-state index in [0.717, 1.165) is 5.56 Å². The number of aryl methyl sites for hydroxylation is 1. The summed E-state index contributed by atoms with van der Waals surface area (Å²) in [6.07, 6.45) is 1.46. The summed E-state index contributed by atoms with van der Waals surface area (Å²) in [6.45, 7) is 4.02. The molecule has 1 fully saturated rings. The summed E-state index contributed by atoms with van der Waals surface area (Å²) in [5.41, 5.74) is 1.10. The number of aromatic nitrogens is 1. The third-order valence-electron chi connectivity index (χ3n) is 4.80. The molecule has 10 heteroatoms. The first-order valence-electron chi connectivity index (χ1n) is 9.69. The Morgan fingerprint density at radius 3 is 2.60 bits per heavy atom. The maximum atomic E-state index is 12.8. The fraction of sp³-hybridized carbons (Fsp3) is 0.450. The van der Waals surface area contributed by atoms with Gasteiger partial charge in [-0.05, 0) is 30.7 Å². The maximum Gasteiger partial charge on any atom is 0.268 e. The smallest absolute Gasteiger partial charge is 0.268 e. The quantitative estimate of drug-likeness (QED) is 0.670. The first kappa shape index (κ1) is 22.1. The Bertz CT molecular complexity index is 996.